The van der Waals surface area contributed by atoms with Crippen LogP contribution in [0.2, 0.25) is 0 Å². The van der Waals surface area contributed by atoms with E-state index in [1.807, 2.05) is 54.6 Å². The molecule has 6 aromatic carbocycles. The molecule has 2 heterocycles. The first-order valence-electron chi connectivity index (χ1n) is 13.0. The van der Waals surface area contributed by atoms with Gasteiger partial charge >= 0.3 is 0 Å². The Labute approximate surface area is 224 Å². The van der Waals surface area contributed by atoms with Crippen molar-refractivity contribution in [3.05, 3.63) is 127 Å². The van der Waals surface area contributed by atoms with Gasteiger partial charge in [0.05, 0.1) is 0 Å². The molecule has 0 bridgehead atoms. The van der Waals surface area contributed by atoms with Gasteiger partial charge in [-0.25, -0.2) is 15.0 Å². The summed E-state index contributed by atoms with van der Waals surface area (Å²) in [4.78, 5) is 14.9. The summed E-state index contributed by atoms with van der Waals surface area (Å²) in [6.45, 7) is 0. The van der Waals surface area contributed by atoms with Crippen LogP contribution in [0, 0.1) is 0 Å². The second kappa shape index (κ2) is 8.61. The van der Waals surface area contributed by atoms with E-state index < -0.39 is 0 Å². The lowest BCUT2D eigenvalue weighted by Crippen LogP contribution is -2.00. The maximum Gasteiger partial charge on any atom is 0.164 e. The zero-order valence-electron chi connectivity index (χ0n) is 20.9. The van der Waals surface area contributed by atoms with E-state index in [4.69, 9.17) is 19.4 Å². The molecule has 39 heavy (non-hydrogen) atoms. The average molecular weight is 500 g/mol. The molecule has 8 rings (SSSR count). The summed E-state index contributed by atoms with van der Waals surface area (Å²) in [6.07, 6.45) is 0. The van der Waals surface area contributed by atoms with Crippen LogP contribution >= 0.6 is 0 Å². The molecule has 0 aliphatic rings. The van der Waals surface area contributed by atoms with Crippen molar-refractivity contribution in [3.63, 3.8) is 0 Å². The molecule has 0 spiro atoms. The molecule has 182 valence electrons. The number of aromatic nitrogens is 3. The quantitative estimate of drug-likeness (QED) is 0.243. The monoisotopic (exact) mass is 499 g/mol. The number of nitrogens with zero attached hydrogens (tertiary/aromatic N) is 3. The van der Waals surface area contributed by atoms with E-state index in [-0.39, 0.29) is 0 Å². The molecule has 0 radical (unpaired) electrons. The van der Waals surface area contributed by atoms with Gasteiger partial charge in [0.15, 0.2) is 17.5 Å². The molecule has 0 aliphatic heterocycles. The Morgan fingerprint density at radius 2 is 1.08 bits per heavy atom. The van der Waals surface area contributed by atoms with Crippen LogP contribution < -0.4 is 0 Å². The van der Waals surface area contributed by atoms with Crippen LogP contribution in [0.5, 0.6) is 0 Å². The molecule has 0 N–H and O–H groups in total. The van der Waals surface area contributed by atoms with E-state index in [9.17, 15) is 0 Å². The zero-order valence-corrected chi connectivity index (χ0v) is 20.9. The third-order valence-corrected chi connectivity index (χ3v) is 7.32. The fraction of sp³-hybridized carbons (Fsp3) is 0. The van der Waals surface area contributed by atoms with E-state index in [0.29, 0.717) is 17.5 Å². The zero-order chi connectivity index (χ0) is 25.8. The normalized spacial score (nSPS) is 11.6. The molecule has 0 aliphatic carbocycles. The maximum absolute atomic E-state index is 6.33. The summed E-state index contributed by atoms with van der Waals surface area (Å²) in [7, 11) is 0. The molecular formula is C35H21N3O. The topological polar surface area (TPSA) is 51.8 Å². The van der Waals surface area contributed by atoms with Gasteiger partial charge in [-0.05, 0) is 34.4 Å². The number of furan rings is 1. The molecule has 0 saturated heterocycles. The van der Waals surface area contributed by atoms with Crippen molar-refractivity contribution in [3.8, 4) is 34.2 Å². The van der Waals surface area contributed by atoms with E-state index in [2.05, 4.69) is 72.8 Å². The summed E-state index contributed by atoms with van der Waals surface area (Å²) in [5.74, 6) is 1.92. The largest absolute Gasteiger partial charge is 0.455 e. The summed E-state index contributed by atoms with van der Waals surface area (Å²) in [5, 5.41) is 6.63. The molecule has 0 saturated carbocycles. The van der Waals surface area contributed by atoms with Gasteiger partial charge in [0.25, 0.3) is 0 Å². The Morgan fingerprint density at radius 3 is 1.97 bits per heavy atom. The third-order valence-electron chi connectivity index (χ3n) is 7.32. The molecule has 4 heteroatoms. The highest BCUT2D eigenvalue weighted by Crippen LogP contribution is 2.37. The molecule has 0 fully saturated rings. The Bertz CT molecular complexity index is 2180. The van der Waals surface area contributed by atoms with Crippen LogP contribution in [-0.2, 0) is 0 Å². The van der Waals surface area contributed by atoms with Crippen molar-refractivity contribution in [2.24, 2.45) is 0 Å². The van der Waals surface area contributed by atoms with Crippen molar-refractivity contribution in [1.29, 1.82) is 0 Å². The lowest BCUT2D eigenvalue weighted by molar-refractivity contribution is 0.672. The van der Waals surface area contributed by atoms with Crippen LogP contribution in [0.25, 0.3) is 77.6 Å². The fourth-order valence-electron chi connectivity index (χ4n) is 5.41. The van der Waals surface area contributed by atoms with Crippen molar-refractivity contribution in [2.75, 3.05) is 0 Å². The van der Waals surface area contributed by atoms with E-state index in [0.717, 1.165) is 54.8 Å². The highest BCUT2D eigenvalue weighted by Gasteiger charge is 2.17. The van der Waals surface area contributed by atoms with Crippen LogP contribution in [0.15, 0.2) is 132 Å². The van der Waals surface area contributed by atoms with E-state index in [1.165, 1.54) is 5.39 Å². The molecule has 0 unspecified atom stereocenters. The second-order valence-corrected chi connectivity index (χ2v) is 9.68. The Balaban J connectivity index is 1.38. The van der Waals surface area contributed by atoms with Gasteiger partial charge in [0, 0.05) is 32.8 Å². The maximum atomic E-state index is 6.33. The van der Waals surface area contributed by atoms with Gasteiger partial charge in [0.2, 0.25) is 0 Å². The summed E-state index contributed by atoms with van der Waals surface area (Å²) >= 11 is 0. The highest BCUT2D eigenvalue weighted by atomic mass is 16.3. The van der Waals surface area contributed by atoms with Gasteiger partial charge in [-0.1, -0.05) is 109 Å². The Kier molecular flexibility index (Phi) is 4.79. The van der Waals surface area contributed by atoms with Crippen LogP contribution in [0.1, 0.15) is 0 Å². The van der Waals surface area contributed by atoms with Crippen molar-refractivity contribution in [2.45, 2.75) is 0 Å². The van der Waals surface area contributed by atoms with E-state index in [1.54, 1.807) is 0 Å². The number of benzene rings is 6. The molecule has 2 aromatic heterocycles. The lowest BCUT2D eigenvalue weighted by Gasteiger charge is -2.11. The minimum Gasteiger partial charge on any atom is -0.455 e. The predicted octanol–water partition coefficient (Wildman–Crippen LogP) is 9.08. The minimum atomic E-state index is 0.632. The van der Waals surface area contributed by atoms with Gasteiger partial charge < -0.3 is 4.42 Å². The van der Waals surface area contributed by atoms with Crippen molar-refractivity contribution < 1.29 is 4.42 Å². The summed E-state index contributed by atoms with van der Waals surface area (Å²) in [6, 6.07) is 43.4. The van der Waals surface area contributed by atoms with Gasteiger partial charge in [-0.3, -0.25) is 0 Å². The van der Waals surface area contributed by atoms with Gasteiger partial charge in [0.1, 0.15) is 11.2 Å². The molecule has 0 amide bonds. The fourth-order valence-corrected chi connectivity index (χ4v) is 5.41. The Hall–Kier alpha value is -5.35. The number of rotatable bonds is 3. The van der Waals surface area contributed by atoms with Gasteiger partial charge in [-0.2, -0.15) is 0 Å². The molecule has 0 atom stereocenters. The lowest BCUT2D eigenvalue weighted by atomic mass is 10.0. The molecular weight excluding hydrogens is 478 g/mol. The standard InChI is InChI=1S/C35H21N3O/c1-2-10-23(11-3-1)33-36-34(25-18-17-22-9-4-5-12-24(22)21-25)38-35(37-33)30-15-8-14-28-26(30)19-20-29-27-13-6-7-16-31(27)39-32(28)29/h1-21H. The minimum absolute atomic E-state index is 0.632. The second-order valence-electron chi connectivity index (χ2n) is 9.68. The van der Waals surface area contributed by atoms with E-state index >= 15 is 0 Å². The van der Waals surface area contributed by atoms with Crippen molar-refractivity contribution >= 4 is 43.5 Å². The van der Waals surface area contributed by atoms with Crippen LogP contribution in [0.3, 0.4) is 0 Å². The highest BCUT2D eigenvalue weighted by molar-refractivity contribution is 6.17. The van der Waals surface area contributed by atoms with Crippen LogP contribution in [-0.4, -0.2) is 15.0 Å². The number of hydrogen-bond acceptors (Lipinski definition) is 4. The summed E-state index contributed by atoms with van der Waals surface area (Å²) < 4.78 is 6.33. The SMILES string of the molecule is c1ccc(-c2nc(-c3ccc4ccccc4c3)nc(-c3cccc4c3ccc3c5ccccc5oc43)n2)cc1. The number of hydrogen-bond donors (Lipinski definition) is 0. The molecule has 8 aromatic rings. The first kappa shape index (κ1) is 21.7. The number of para-hydroxylation sites is 1. The van der Waals surface area contributed by atoms with Gasteiger partial charge in [-0.15, -0.1) is 0 Å². The summed E-state index contributed by atoms with van der Waals surface area (Å²) in [5.41, 5.74) is 4.60. The smallest absolute Gasteiger partial charge is 0.164 e. The third kappa shape index (κ3) is 3.57. The first-order chi connectivity index (χ1) is 19.3. The predicted molar refractivity (Wildman–Crippen MR) is 158 cm³/mol. The molecule has 4 nitrogen and oxygen atoms in total. The number of fused-ring (bicyclic) bond motifs is 6. The van der Waals surface area contributed by atoms with Crippen molar-refractivity contribution in [1.82, 2.24) is 15.0 Å². The average Bonchev–Trinajstić information content (AvgIpc) is 3.40. The first-order valence-corrected chi connectivity index (χ1v) is 13.0. The Morgan fingerprint density at radius 1 is 0.410 bits per heavy atom. The van der Waals surface area contributed by atoms with Crippen LogP contribution in [0.4, 0.5) is 0 Å².